The van der Waals surface area contributed by atoms with Gasteiger partial charge in [-0.25, -0.2) is 13.1 Å². The van der Waals surface area contributed by atoms with Crippen molar-refractivity contribution in [2.75, 3.05) is 0 Å². The number of rotatable bonds is 6. The summed E-state index contributed by atoms with van der Waals surface area (Å²) >= 11 is 0. The summed E-state index contributed by atoms with van der Waals surface area (Å²) in [6.07, 6.45) is -0.132. The molecule has 0 radical (unpaired) electrons. The maximum Gasteiger partial charge on any atom is 0.304 e. The first-order valence-electron chi connectivity index (χ1n) is 4.46. The van der Waals surface area contributed by atoms with E-state index in [1.807, 2.05) is 0 Å². The van der Waals surface area contributed by atoms with Gasteiger partial charge in [0, 0.05) is 6.04 Å². The van der Waals surface area contributed by atoms with Gasteiger partial charge >= 0.3 is 5.97 Å². The molecule has 86 valence electrons. The molecule has 2 N–H and O–H groups in total. The Morgan fingerprint density at radius 3 is 2.47 bits per heavy atom. The van der Waals surface area contributed by atoms with Gasteiger partial charge < -0.3 is 5.11 Å². The van der Waals surface area contributed by atoms with Gasteiger partial charge in [-0.05, 0) is 13.3 Å². The van der Waals surface area contributed by atoms with Gasteiger partial charge in [0.05, 0.1) is 12.5 Å². The second kappa shape index (κ2) is 5.68. The van der Waals surface area contributed by atoms with Gasteiger partial charge in [0.1, 0.15) is 0 Å². The summed E-state index contributed by atoms with van der Waals surface area (Å²) in [6, 6.07) is 0.940. The van der Waals surface area contributed by atoms with Crippen LogP contribution >= 0.6 is 0 Å². The van der Waals surface area contributed by atoms with Crippen molar-refractivity contribution < 1.29 is 18.3 Å². The fourth-order valence-corrected chi connectivity index (χ4v) is 2.43. The molecule has 0 heterocycles. The summed E-state index contributed by atoms with van der Waals surface area (Å²) in [5, 5.41) is 15.9. The van der Waals surface area contributed by atoms with Gasteiger partial charge in [-0.15, -0.1) is 0 Å². The Morgan fingerprint density at radius 1 is 1.60 bits per heavy atom. The molecule has 0 aliphatic rings. The molecule has 0 saturated heterocycles. The van der Waals surface area contributed by atoms with Crippen molar-refractivity contribution in [3.8, 4) is 6.07 Å². The van der Waals surface area contributed by atoms with Gasteiger partial charge in [-0.2, -0.15) is 5.26 Å². The number of nitrogens with one attached hydrogen (secondary N) is 1. The molecule has 0 saturated carbocycles. The molecule has 0 rings (SSSR count). The van der Waals surface area contributed by atoms with Gasteiger partial charge in [0.2, 0.25) is 10.0 Å². The molecule has 0 aromatic carbocycles. The van der Waals surface area contributed by atoms with Crippen LogP contribution in [0.4, 0.5) is 0 Å². The quantitative estimate of drug-likeness (QED) is 0.676. The first kappa shape index (κ1) is 13.9. The van der Waals surface area contributed by atoms with Crippen LogP contribution in [0.5, 0.6) is 0 Å². The lowest BCUT2D eigenvalue weighted by Gasteiger charge is -2.14. The van der Waals surface area contributed by atoms with Crippen LogP contribution in [0, 0.1) is 11.3 Å². The number of aliphatic carboxylic acids is 1. The zero-order valence-electron chi connectivity index (χ0n) is 8.60. The van der Waals surface area contributed by atoms with E-state index in [9.17, 15) is 13.2 Å². The van der Waals surface area contributed by atoms with Crippen LogP contribution in [-0.2, 0) is 14.8 Å². The Kier molecular flexibility index (Phi) is 5.25. The predicted octanol–water partition coefficient (Wildman–Crippen LogP) is 0.0712. The lowest BCUT2D eigenvalue weighted by atomic mass is 10.3. The zero-order valence-corrected chi connectivity index (χ0v) is 9.41. The molecule has 7 heteroatoms. The van der Waals surface area contributed by atoms with E-state index in [1.165, 1.54) is 6.92 Å². The molecule has 0 spiro atoms. The fraction of sp³-hybridized carbons (Fsp3) is 0.750. The van der Waals surface area contributed by atoms with Gasteiger partial charge in [-0.3, -0.25) is 4.79 Å². The molecule has 0 amide bonds. The van der Waals surface area contributed by atoms with Crippen LogP contribution in [0.25, 0.3) is 0 Å². The largest absolute Gasteiger partial charge is 0.481 e. The van der Waals surface area contributed by atoms with Crippen LogP contribution in [0.3, 0.4) is 0 Å². The first-order chi connectivity index (χ1) is 6.83. The van der Waals surface area contributed by atoms with Crippen molar-refractivity contribution in [3.05, 3.63) is 0 Å². The molecule has 0 aromatic rings. The maximum atomic E-state index is 11.5. The van der Waals surface area contributed by atoms with E-state index in [-0.39, 0.29) is 12.8 Å². The van der Waals surface area contributed by atoms with E-state index in [0.29, 0.717) is 0 Å². The summed E-state index contributed by atoms with van der Waals surface area (Å²) in [5.41, 5.74) is 0. The normalized spacial score (nSPS) is 15.3. The molecule has 0 aromatic heterocycles. The van der Waals surface area contributed by atoms with Crippen molar-refractivity contribution in [1.82, 2.24) is 4.72 Å². The standard InChI is InChI=1S/C8H14N2O4S/c1-3-7(5-9)15(13,14)10-6(2)4-8(11)12/h6-7,10H,3-4H2,1-2H3,(H,11,12). The van der Waals surface area contributed by atoms with Crippen LogP contribution in [0.2, 0.25) is 0 Å². The number of nitrogens with zero attached hydrogens (tertiary/aromatic N) is 1. The van der Waals surface area contributed by atoms with E-state index >= 15 is 0 Å². The van der Waals surface area contributed by atoms with Crippen LogP contribution < -0.4 is 4.72 Å². The Hall–Kier alpha value is -1.13. The SMILES string of the molecule is CCC(C#N)S(=O)(=O)NC(C)CC(=O)O. The number of carbonyl (C=O) groups is 1. The molecule has 2 unspecified atom stereocenters. The molecule has 15 heavy (non-hydrogen) atoms. The molecule has 2 atom stereocenters. The minimum atomic E-state index is -3.74. The minimum Gasteiger partial charge on any atom is -0.481 e. The second-order valence-corrected chi connectivity index (χ2v) is 5.08. The van der Waals surface area contributed by atoms with Gasteiger partial charge in [0.15, 0.2) is 5.25 Å². The first-order valence-corrected chi connectivity index (χ1v) is 6.00. The highest BCUT2D eigenvalue weighted by molar-refractivity contribution is 7.90. The zero-order chi connectivity index (χ0) is 12.1. The number of carboxylic acid groups (broad SMARTS) is 1. The summed E-state index contributed by atoms with van der Waals surface area (Å²) in [6.45, 7) is 3.02. The molecular formula is C8H14N2O4S. The number of hydrogen-bond acceptors (Lipinski definition) is 4. The lowest BCUT2D eigenvalue weighted by molar-refractivity contribution is -0.137. The van der Waals surface area contributed by atoms with E-state index < -0.39 is 27.3 Å². The summed E-state index contributed by atoms with van der Waals surface area (Å²) in [5.74, 6) is -1.09. The van der Waals surface area contributed by atoms with Crippen LogP contribution in [0.1, 0.15) is 26.7 Å². The summed E-state index contributed by atoms with van der Waals surface area (Å²) in [7, 11) is -3.74. The van der Waals surface area contributed by atoms with E-state index in [0.717, 1.165) is 0 Å². The van der Waals surface area contributed by atoms with E-state index in [2.05, 4.69) is 4.72 Å². The van der Waals surface area contributed by atoms with Crippen molar-refractivity contribution >= 4 is 16.0 Å². The highest BCUT2D eigenvalue weighted by Gasteiger charge is 2.25. The van der Waals surface area contributed by atoms with Gasteiger partial charge in [-0.1, -0.05) is 6.92 Å². The summed E-state index contributed by atoms with van der Waals surface area (Å²) in [4.78, 5) is 10.3. The lowest BCUT2D eigenvalue weighted by Crippen LogP contribution is -2.39. The predicted molar refractivity (Wildman–Crippen MR) is 53.5 cm³/mol. The Labute approximate surface area is 89.0 Å². The minimum absolute atomic E-state index is 0.172. The van der Waals surface area contributed by atoms with Crippen molar-refractivity contribution in [3.63, 3.8) is 0 Å². The maximum absolute atomic E-state index is 11.5. The smallest absolute Gasteiger partial charge is 0.304 e. The van der Waals surface area contributed by atoms with Crippen LogP contribution in [0.15, 0.2) is 0 Å². The number of hydrogen-bond donors (Lipinski definition) is 2. The van der Waals surface area contributed by atoms with Gasteiger partial charge in [0.25, 0.3) is 0 Å². The monoisotopic (exact) mass is 234 g/mol. The third-order valence-electron chi connectivity index (χ3n) is 1.74. The highest BCUT2D eigenvalue weighted by Crippen LogP contribution is 2.05. The Bertz CT molecular complexity index is 357. The Balaban J connectivity index is 4.52. The number of nitriles is 1. The van der Waals surface area contributed by atoms with E-state index in [1.54, 1.807) is 13.0 Å². The average molecular weight is 234 g/mol. The average Bonchev–Trinajstić information content (AvgIpc) is 2.02. The van der Waals surface area contributed by atoms with Crippen molar-refractivity contribution in [2.45, 2.75) is 38.0 Å². The number of sulfonamides is 1. The van der Waals surface area contributed by atoms with Crippen LogP contribution in [-0.4, -0.2) is 30.8 Å². The third kappa shape index (κ3) is 4.76. The molecule has 0 bridgehead atoms. The van der Waals surface area contributed by atoms with Crippen molar-refractivity contribution in [1.29, 1.82) is 5.26 Å². The number of carboxylic acids is 1. The molecule has 0 aliphatic carbocycles. The topological polar surface area (TPSA) is 107 Å². The summed E-state index contributed by atoms with van der Waals surface area (Å²) < 4.78 is 25.1. The Morgan fingerprint density at radius 2 is 2.13 bits per heavy atom. The van der Waals surface area contributed by atoms with E-state index in [4.69, 9.17) is 10.4 Å². The molecule has 6 nitrogen and oxygen atoms in total. The molecule has 0 fully saturated rings. The molecular weight excluding hydrogens is 220 g/mol. The molecule has 0 aliphatic heterocycles. The second-order valence-electron chi connectivity index (χ2n) is 3.19. The van der Waals surface area contributed by atoms with Crippen molar-refractivity contribution in [2.24, 2.45) is 0 Å². The third-order valence-corrected chi connectivity index (χ3v) is 3.65. The highest BCUT2D eigenvalue weighted by atomic mass is 32.2. The fourth-order valence-electron chi connectivity index (χ4n) is 1.05.